The molecule has 4 rings (SSSR count). The van der Waals surface area contributed by atoms with Gasteiger partial charge in [0.05, 0.1) is 16.6 Å². The Kier molecular flexibility index (Phi) is 5.90. The van der Waals surface area contributed by atoms with Crippen LogP contribution in [0.4, 0.5) is 5.69 Å². The summed E-state index contributed by atoms with van der Waals surface area (Å²) in [5.74, 6) is 0. The Balaban J connectivity index is 1.77. The van der Waals surface area contributed by atoms with Crippen molar-refractivity contribution in [1.82, 2.24) is 4.41 Å². The van der Waals surface area contributed by atoms with Crippen LogP contribution in [0.3, 0.4) is 0 Å². The molecule has 3 aromatic rings. The van der Waals surface area contributed by atoms with Gasteiger partial charge in [-0.05, 0) is 54.4 Å². The number of nitrogens with zero attached hydrogens (tertiary/aromatic N) is 3. The second-order valence-electron chi connectivity index (χ2n) is 7.85. The number of rotatable bonds is 5. The molecule has 1 atom stereocenters. The Labute approximate surface area is 192 Å². The van der Waals surface area contributed by atoms with Crippen molar-refractivity contribution < 1.29 is 8.42 Å². The van der Waals surface area contributed by atoms with E-state index in [4.69, 9.17) is 0 Å². The number of halogens is 1. The molecule has 0 fully saturated rings. The van der Waals surface area contributed by atoms with Crippen LogP contribution in [0.15, 0.2) is 87.3 Å². The number of anilines is 1. The van der Waals surface area contributed by atoms with Crippen molar-refractivity contribution in [3.05, 3.63) is 94.0 Å². The van der Waals surface area contributed by atoms with Gasteiger partial charge >= 0.3 is 0 Å². The molecule has 0 aromatic heterocycles. The summed E-state index contributed by atoms with van der Waals surface area (Å²) >= 11 is 3.45. The van der Waals surface area contributed by atoms with Crippen LogP contribution in [-0.2, 0) is 10.0 Å². The Morgan fingerprint density at radius 1 is 0.935 bits per heavy atom. The standard InChI is InChI=1S/C24H24BrN3O2S/c1-17-4-14-22(15-5-17)31(29,30)28-24(19-8-12-21(13-9-19)27(2)3)16-23(26-28)18-6-10-20(25)11-7-18/h4-15,24H,16H2,1-3H3/t24-/m1/s1. The van der Waals surface area contributed by atoms with Gasteiger partial charge in [0.1, 0.15) is 0 Å². The summed E-state index contributed by atoms with van der Waals surface area (Å²) in [5, 5.41) is 4.61. The van der Waals surface area contributed by atoms with Crippen LogP contribution in [0.1, 0.15) is 29.2 Å². The van der Waals surface area contributed by atoms with Crippen LogP contribution >= 0.6 is 15.9 Å². The molecule has 5 nitrogen and oxygen atoms in total. The molecular weight excluding hydrogens is 474 g/mol. The molecule has 0 spiro atoms. The first-order valence-corrected chi connectivity index (χ1v) is 12.2. The first kappa shape index (κ1) is 21.6. The summed E-state index contributed by atoms with van der Waals surface area (Å²) in [4.78, 5) is 2.26. The third-order valence-corrected chi connectivity index (χ3v) is 7.63. The lowest BCUT2D eigenvalue weighted by atomic mass is 9.99. The van der Waals surface area contributed by atoms with Crippen molar-refractivity contribution in [2.24, 2.45) is 5.10 Å². The average Bonchev–Trinajstić information content (AvgIpc) is 3.21. The van der Waals surface area contributed by atoms with Crippen molar-refractivity contribution in [2.75, 3.05) is 19.0 Å². The molecule has 0 radical (unpaired) electrons. The molecule has 1 aliphatic heterocycles. The predicted octanol–water partition coefficient (Wildman–Crippen LogP) is 5.36. The van der Waals surface area contributed by atoms with Crippen molar-refractivity contribution in [3.8, 4) is 0 Å². The largest absolute Gasteiger partial charge is 0.378 e. The molecule has 0 aliphatic carbocycles. The van der Waals surface area contributed by atoms with Crippen LogP contribution < -0.4 is 4.90 Å². The summed E-state index contributed by atoms with van der Waals surface area (Å²) in [5.41, 5.74) is 4.65. The van der Waals surface area contributed by atoms with Crippen LogP contribution in [0.25, 0.3) is 0 Å². The molecule has 0 saturated heterocycles. The third-order valence-electron chi connectivity index (χ3n) is 5.41. The first-order chi connectivity index (χ1) is 14.8. The number of benzene rings is 3. The minimum atomic E-state index is -3.80. The normalized spacial score (nSPS) is 16.3. The van der Waals surface area contributed by atoms with Gasteiger partial charge in [0, 0.05) is 30.7 Å². The number of aryl methyl sites for hydroxylation is 1. The summed E-state index contributed by atoms with van der Waals surface area (Å²) in [6.45, 7) is 1.94. The van der Waals surface area contributed by atoms with Crippen molar-refractivity contribution in [2.45, 2.75) is 24.3 Å². The monoisotopic (exact) mass is 497 g/mol. The highest BCUT2D eigenvalue weighted by atomic mass is 79.9. The van der Waals surface area contributed by atoms with Crippen molar-refractivity contribution in [1.29, 1.82) is 0 Å². The van der Waals surface area contributed by atoms with Gasteiger partial charge in [0.25, 0.3) is 10.0 Å². The van der Waals surface area contributed by atoms with E-state index in [0.29, 0.717) is 6.42 Å². The Morgan fingerprint density at radius 2 is 1.55 bits per heavy atom. The summed E-state index contributed by atoms with van der Waals surface area (Å²) < 4.78 is 29.3. The van der Waals surface area contributed by atoms with Gasteiger partial charge in [0.15, 0.2) is 0 Å². The molecule has 0 amide bonds. The van der Waals surface area contributed by atoms with Gasteiger partial charge in [-0.15, -0.1) is 0 Å². The lowest BCUT2D eigenvalue weighted by Crippen LogP contribution is -2.27. The minimum Gasteiger partial charge on any atom is -0.378 e. The van der Waals surface area contributed by atoms with E-state index in [0.717, 1.165) is 32.6 Å². The van der Waals surface area contributed by atoms with Gasteiger partial charge in [-0.2, -0.15) is 17.9 Å². The highest BCUT2D eigenvalue weighted by Gasteiger charge is 2.37. The average molecular weight is 498 g/mol. The van der Waals surface area contributed by atoms with Gasteiger partial charge < -0.3 is 4.90 Å². The molecule has 1 aliphatic rings. The second-order valence-corrected chi connectivity index (χ2v) is 10.6. The first-order valence-electron chi connectivity index (χ1n) is 9.97. The molecule has 0 bridgehead atoms. The number of hydrogen-bond acceptors (Lipinski definition) is 4. The predicted molar refractivity (Wildman–Crippen MR) is 129 cm³/mol. The van der Waals surface area contributed by atoms with E-state index in [1.54, 1.807) is 12.1 Å². The molecule has 0 unspecified atom stereocenters. The van der Waals surface area contributed by atoms with Crippen LogP contribution in [0.2, 0.25) is 0 Å². The maximum absolute atomic E-state index is 13.5. The topological polar surface area (TPSA) is 53.0 Å². The van der Waals surface area contributed by atoms with E-state index >= 15 is 0 Å². The molecule has 0 N–H and O–H groups in total. The zero-order valence-corrected chi connectivity index (χ0v) is 20.1. The highest BCUT2D eigenvalue weighted by molar-refractivity contribution is 9.10. The molecular formula is C24H24BrN3O2S. The number of hydrogen-bond donors (Lipinski definition) is 0. The quantitative estimate of drug-likeness (QED) is 0.476. The van der Waals surface area contributed by atoms with Crippen molar-refractivity contribution in [3.63, 3.8) is 0 Å². The Morgan fingerprint density at radius 3 is 2.13 bits per heavy atom. The summed E-state index contributed by atoms with van der Waals surface area (Å²) in [6, 6.07) is 22.3. The lowest BCUT2D eigenvalue weighted by molar-refractivity contribution is 0.371. The van der Waals surface area contributed by atoms with E-state index in [1.807, 2.05) is 86.6 Å². The molecule has 1 heterocycles. The molecule has 0 saturated carbocycles. The van der Waals surface area contributed by atoms with E-state index in [2.05, 4.69) is 21.0 Å². The maximum Gasteiger partial charge on any atom is 0.279 e. The zero-order chi connectivity index (χ0) is 22.2. The molecule has 160 valence electrons. The summed E-state index contributed by atoms with van der Waals surface area (Å²) in [7, 11) is 0.157. The smallest absolute Gasteiger partial charge is 0.279 e. The van der Waals surface area contributed by atoms with E-state index in [1.165, 1.54) is 4.41 Å². The molecule has 3 aromatic carbocycles. The fourth-order valence-electron chi connectivity index (χ4n) is 3.59. The van der Waals surface area contributed by atoms with Gasteiger partial charge in [0.2, 0.25) is 0 Å². The van der Waals surface area contributed by atoms with E-state index in [-0.39, 0.29) is 4.90 Å². The van der Waals surface area contributed by atoms with Crippen LogP contribution in [0.5, 0.6) is 0 Å². The number of hydrazone groups is 1. The van der Waals surface area contributed by atoms with Gasteiger partial charge in [-0.3, -0.25) is 0 Å². The third kappa shape index (κ3) is 4.38. The molecule has 31 heavy (non-hydrogen) atoms. The fraction of sp³-hybridized carbons (Fsp3) is 0.208. The van der Waals surface area contributed by atoms with E-state index in [9.17, 15) is 8.42 Å². The SMILES string of the molecule is Cc1ccc(S(=O)(=O)N2N=C(c3ccc(Br)cc3)C[C@@H]2c2ccc(N(C)C)cc2)cc1. The molecule has 7 heteroatoms. The lowest BCUT2D eigenvalue weighted by Gasteiger charge is -2.24. The maximum atomic E-state index is 13.5. The number of sulfonamides is 1. The minimum absolute atomic E-state index is 0.244. The Bertz CT molecular complexity index is 1200. The van der Waals surface area contributed by atoms with E-state index < -0.39 is 16.1 Å². The highest BCUT2D eigenvalue weighted by Crippen LogP contribution is 2.37. The Hall–Kier alpha value is -2.64. The second kappa shape index (κ2) is 8.48. The fourth-order valence-corrected chi connectivity index (χ4v) is 5.29. The van der Waals surface area contributed by atoms with Crippen LogP contribution in [-0.4, -0.2) is 32.6 Å². The summed E-state index contributed by atoms with van der Waals surface area (Å²) in [6.07, 6.45) is 0.508. The van der Waals surface area contributed by atoms with Gasteiger partial charge in [-0.1, -0.05) is 57.9 Å². The van der Waals surface area contributed by atoms with Crippen molar-refractivity contribution >= 4 is 37.4 Å². The van der Waals surface area contributed by atoms with Gasteiger partial charge in [-0.25, -0.2) is 0 Å². The zero-order valence-electron chi connectivity index (χ0n) is 17.7. The van der Waals surface area contributed by atoms with Crippen LogP contribution in [0, 0.1) is 6.92 Å².